The number of anilines is 5. The number of hydrogen-bond donors (Lipinski definition) is 3. The number of amides is 1. The summed E-state index contributed by atoms with van der Waals surface area (Å²) in [5.41, 5.74) is 17.1. The molecule has 4 rings (SSSR count). The summed E-state index contributed by atoms with van der Waals surface area (Å²) >= 11 is 0. The molecule has 2 aliphatic rings. The van der Waals surface area contributed by atoms with Gasteiger partial charge in [-0.25, -0.2) is 4.99 Å². The number of benzene rings is 2. The minimum absolute atomic E-state index is 0.0781. The molecule has 2 aliphatic heterocycles. The molecule has 0 saturated carbocycles. The predicted molar refractivity (Wildman–Crippen MR) is 141 cm³/mol. The van der Waals surface area contributed by atoms with Gasteiger partial charge in [-0.15, -0.1) is 0 Å². The first-order valence-electron chi connectivity index (χ1n) is 12.1. The van der Waals surface area contributed by atoms with Crippen molar-refractivity contribution in [1.82, 2.24) is 0 Å². The lowest BCUT2D eigenvalue weighted by molar-refractivity contribution is -0.114. The van der Waals surface area contributed by atoms with Crippen LogP contribution in [0.25, 0.3) is 0 Å². The second-order valence-electron chi connectivity index (χ2n) is 9.33. The summed E-state index contributed by atoms with van der Waals surface area (Å²) < 4.78 is 5.02. The SMILES string of the molecule is COC=Nc1cc(N)ccc1N1CCC(C2CCN(c3ccc(N)cc3NC(C)=O)CC2)CC1. The number of nitrogens with zero attached hydrogens (tertiary/aromatic N) is 3. The minimum Gasteiger partial charge on any atom is -0.486 e. The van der Waals surface area contributed by atoms with Crippen LogP contribution in [0.4, 0.5) is 34.1 Å². The van der Waals surface area contributed by atoms with Crippen LogP contribution in [0.5, 0.6) is 0 Å². The van der Waals surface area contributed by atoms with Gasteiger partial charge in [0, 0.05) is 44.5 Å². The number of carbonyl (C=O) groups is 1. The number of hydrogen-bond acceptors (Lipinski definition) is 7. The molecular formula is C26H36N6O2. The molecule has 5 N–H and O–H groups in total. The van der Waals surface area contributed by atoms with E-state index in [9.17, 15) is 4.79 Å². The normalized spacial score (nSPS) is 17.8. The number of nitrogens with two attached hydrogens (primary N) is 2. The Morgan fingerprint density at radius 3 is 2.03 bits per heavy atom. The van der Waals surface area contributed by atoms with Crippen molar-refractivity contribution >= 4 is 46.4 Å². The van der Waals surface area contributed by atoms with Gasteiger partial charge in [0.25, 0.3) is 0 Å². The molecule has 0 spiro atoms. The fraction of sp³-hybridized carbons (Fsp3) is 0.462. The van der Waals surface area contributed by atoms with Crippen LogP contribution in [0.1, 0.15) is 32.6 Å². The highest BCUT2D eigenvalue weighted by Crippen LogP contribution is 2.39. The molecule has 0 bridgehead atoms. The van der Waals surface area contributed by atoms with Crippen molar-refractivity contribution < 1.29 is 9.53 Å². The van der Waals surface area contributed by atoms with E-state index in [0.717, 1.165) is 60.8 Å². The van der Waals surface area contributed by atoms with Crippen LogP contribution in [-0.2, 0) is 9.53 Å². The molecule has 0 radical (unpaired) electrons. The van der Waals surface area contributed by atoms with Crippen LogP contribution in [0.15, 0.2) is 41.4 Å². The van der Waals surface area contributed by atoms with Gasteiger partial charge in [0.05, 0.1) is 29.9 Å². The van der Waals surface area contributed by atoms with Crippen molar-refractivity contribution in [3.05, 3.63) is 36.4 Å². The molecule has 2 aromatic carbocycles. The van der Waals surface area contributed by atoms with E-state index in [0.29, 0.717) is 11.4 Å². The smallest absolute Gasteiger partial charge is 0.221 e. The van der Waals surface area contributed by atoms with Crippen molar-refractivity contribution in [1.29, 1.82) is 0 Å². The molecular weight excluding hydrogens is 428 g/mol. The zero-order chi connectivity index (χ0) is 24.1. The Morgan fingerprint density at radius 1 is 0.941 bits per heavy atom. The second-order valence-corrected chi connectivity index (χ2v) is 9.33. The molecule has 2 saturated heterocycles. The molecule has 2 aromatic rings. The first-order chi connectivity index (χ1) is 16.4. The highest BCUT2D eigenvalue weighted by molar-refractivity contribution is 5.93. The summed E-state index contributed by atoms with van der Waals surface area (Å²) in [5.74, 6) is 1.39. The highest BCUT2D eigenvalue weighted by atomic mass is 16.5. The molecule has 0 aliphatic carbocycles. The van der Waals surface area contributed by atoms with Crippen LogP contribution in [0, 0.1) is 11.8 Å². The first-order valence-corrected chi connectivity index (χ1v) is 12.1. The van der Waals surface area contributed by atoms with Gasteiger partial charge in [-0.1, -0.05) is 0 Å². The van der Waals surface area contributed by atoms with Crippen LogP contribution in [0.2, 0.25) is 0 Å². The van der Waals surface area contributed by atoms with E-state index in [1.165, 1.54) is 39.0 Å². The van der Waals surface area contributed by atoms with Crippen LogP contribution >= 0.6 is 0 Å². The largest absolute Gasteiger partial charge is 0.486 e. The quantitative estimate of drug-likeness (QED) is 0.335. The summed E-state index contributed by atoms with van der Waals surface area (Å²) in [5, 5.41) is 2.94. The first kappa shape index (κ1) is 23.7. The molecule has 8 heteroatoms. The third-order valence-corrected chi connectivity index (χ3v) is 7.06. The highest BCUT2D eigenvalue weighted by Gasteiger charge is 2.30. The third kappa shape index (κ3) is 5.55. The number of ether oxygens (including phenoxy) is 1. The number of carbonyl (C=O) groups excluding carboxylic acids is 1. The fourth-order valence-corrected chi connectivity index (χ4v) is 5.36. The maximum Gasteiger partial charge on any atom is 0.221 e. The van der Waals surface area contributed by atoms with E-state index < -0.39 is 0 Å². The summed E-state index contributed by atoms with van der Waals surface area (Å²) in [6.07, 6.45) is 6.15. The predicted octanol–water partition coefficient (Wildman–Crippen LogP) is 4.25. The Bertz CT molecular complexity index is 1020. The lowest BCUT2D eigenvalue weighted by Crippen LogP contribution is -2.41. The number of nitrogens with one attached hydrogen (secondary N) is 1. The average Bonchev–Trinajstić information content (AvgIpc) is 2.83. The summed E-state index contributed by atoms with van der Waals surface area (Å²) in [4.78, 5) is 20.9. The molecule has 0 aromatic heterocycles. The minimum atomic E-state index is -0.0781. The Balaban J connectivity index is 1.35. The fourth-order valence-electron chi connectivity index (χ4n) is 5.36. The van der Waals surface area contributed by atoms with Gasteiger partial charge in [0.15, 0.2) is 6.40 Å². The number of aliphatic imine (C=N–C) groups is 1. The van der Waals surface area contributed by atoms with Gasteiger partial charge in [-0.05, 0) is 73.9 Å². The van der Waals surface area contributed by atoms with E-state index in [-0.39, 0.29) is 5.91 Å². The number of rotatable bonds is 6. The van der Waals surface area contributed by atoms with Gasteiger partial charge in [-0.3, -0.25) is 4.79 Å². The van der Waals surface area contributed by atoms with E-state index in [4.69, 9.17) is 16.2 Å². The summed E-state index contributed by atoms with van der Waals surface area (Å²) in [7, 11) is 1.60. The topological polar surface area (TPSA) is 109 Å². The number of nitrogen functional groups attached to an aromatic ring is 2. The number of methoxy groups -OCH3 is 1. The Labute approximate surface area is 202 Å². The Kier molecular flexibility index (Phi) is 7.45. The van der Waals surface area contributed by atoms with Gasteiger partial charge >= 0.3 is 0 Å². The Morgan fingerprint density at radius 2 is 1.47 bits per heavy atom. The lowest BCUT2D eigenvalue weighted by Gasteiger charge is -2.42. The van der Waals surface area contributed by atoms with Gasteiger partial charge in [-0.2, -0.15) is 0 Å². The van der Waals surface area contributed by atoms with Gasteiger partial charge < -0.3 is 31.3 Å². The Hall–Kier alpha value is -3.42. The van der Waals surface area contributed by atoms with E-state index in [1.807, 2.05) is 30.3 Å². The lowest BCUT2D eigenvalue weighted by atomic mass is 9.78. The van der Waals surface area contributed by atoms with Crippen molar-refractivity contribution in [2.45, 2.75) is 32.6 Å². The van der Waals surface area contributed by atoms with Crippen LogP contribution in [0.3, 0.4) is 0 Å². The van der Waals surface area contributed by atoms with E-state index in [1.54, 1.807) is 7.11 Å². The summed E-state index contributed by atoms with van der Waals surface area (Å²) in [6, 6.07) is 11.7. The van der Waals surface area contributed by atoms with E-state index in [2.05, 4.69) is 26.2 Å². The molecule has 2 heterocycles. The number of piperidine rings is 2. The van der Waals surface area contributed by atoms with Crippen molar-refractivity contribution in [3.8, 4) is 0 Å². The average molecular weight is 465 g/mol. The zero-order valence-electron chi connectivity index (χ0n) is 20.2. The summed E-state index contributed by atoms with van der Waals surface area (Å²) in [6.45, 7) is 5.57. The van der Waals surface area contributed by atoms with Crippen molar-refractivity contribution in [2.24, 2.45) is 16.8 Å². The molecule has 2 fully saturated rings. The van der Waals surface area contributed by atoms with Crippen molar-refractivity contribution in [3.63, 3.8) is 0 Å². The standard InChI is InChI=1S/C26H36N6O2/c1-18(33)30-24-16-22(28)4-6-26(24)32-13-9-20(10-14-32)19-7-11-31(12-8-19)25-5-3-21(27)15-23(25)29-17-34-2/h3-6,15-17,19-20H,7-14,27-28H2,1-2H3,(H,30,33). The molecule has 182 valence electrons. The second kappa shape index (κ2) is 10.7. The molecule has 34 heavy (non-hydrogen) atoms. The monoisotopic (exact) mass is 464 g/mol. The molecule has 0 atom stereocenters. The van der Waals surface area contributed by atoms with Crippen molar-refractivity contribution in [2.75, 3.05) is 59.9 Å². The zero-order valence-corrected chi connectivity index (χ0v) is 20.2. The van der Waals surface area contributed by atoms with Gasteiger partial charge in [0.1, 0.15) is 0 Å². The third-order valence-electron chi connectivity index (χ3n) is 7.06. The van der Waals surface area contributed by atoms with Crippen LogP contribution < -0.4 is 26.6 Å². The molecule has 0 unspecified atom stereocenters. The molecule has 1 amide bonds. The van der Waals surface area contributed by atoms with Gasteiger partial charge in [0.2, 0.25) is 5.91 Å². The maximum atomic E-state index is 11.6. The van der Waals surface area contributed by atoms with Crippen LogP contribution in [-0.4, -0.2) is 45.6 Å². The molecule has 8 nitrogen and oxygen atoms in total. The van der Waals surface area contributed by atoms with E-state index >= 15 is 0 Å². The maximum absolute atomic E-state index is 11.6.